The van der Waals surface area contributed by atoms with E-state index in [-0.39, 0.29) is 6.17 Å². The van der Waals surface area contributed by atoms with E-state index in [0.717, 1.165) is 61.9 Å². The molecule has 1 unspecified atom stereocenters. The fourth-order valence-electron chi connectivity index (χ4n) is 8.08. The van der Waals surface area contributed by atoms with E-state index >= 15 is 0 Å². The highest BCUT2D eigenvalue weighted by Crippen LogP contribution is 2.62. The predicted octanol–water partition coefficient (Wildman–Crippen LogP) is 10.6. The van der Waals surface area contributed by atoms with Gasteiger partial charge in [-0.3, -0.25) is 4.99 Å². The molecule has 3 aliphatic rings. The Labute approximate surface area is 291 Å². The van der Waals surface area contributed by atoms with E-state index in [4.69, 9.17) is 9.73 Å². The average molecular weight is 639 g/mol. The number of hydrogen-bond acceptors (Lipinski definition) is 3. The highest BCUT2D eigenvalue weighted by atomic mass is 16.5. The second-order valence-electron chi connectivity index (χ2n) is 12.9. The molecule has 3 heteroatoms. The van der Waals surface area contributed by atoms with Gasteiger partial charge in [0.05, 0.1) is 11.1 Å². The van der Waals surface area contributed by atoms with Gasteiger partial charge >= 0.3 is 0 Å². The molecule has 0 saturated heterocycles. The van der Waals surface area contributed by atoms with Crippen LogP contribution in [0.15, 0.2) is 175 Å². The Morgan fingerprint density at radius 2 is 1.18 bits per heavy atom. The number of rotatable bonds is 4. The number of para-hydroxylation sites is 2. The summed E-state index contributed by atoms with van der Waals surface area (Å²) in [7, 11) is 0. The van der Waals surface area contributed by atoms with Gasteiger partial charge in [-0.15, -0.1) is 0 Å². The minimum atomic E-state index is -0.573. The highest BCUT2D eigenvalue weighted by Gasteiger charge is 2.51. The van der Waals surface area contributed by atoms with Gasteiger partial charge in [0, 0.05) is 33.5 Å². The van der Waals surface area contributed by atoms with Crippen molar-refractivity contribution in [2.75, 3.05) is 0 Å². The first-order valence-corrected chi connectivity index (χ1v) is 17.0. The van der Waals surface area contributed by atoms with E-state index in [9.17, 15) is 0 Å². The lowest BCUT2D eigenvalue weighted by Gasteiger charge is -2.39. The van der Waals surface area contributed by atoms with E-state index in [2.05, 4.69) is 157 Å². The van der Waals surface area contributed by atoms with E-state index in [0.29, 0.717) is 0 Å². The molecule has 2 aliphatic heterocycles. The Bertz CT molecular complexity index is 2430. The predicted molar refractivity (Wildman–Crippen MR) is 200 cm³/mol. The molecule has 50 heavy (non-hydrogen) atoms. The quantitative estimate of drug-likeness (QED) is 0.208. The molecule has 3 nitrogen and oxygen atoms in total. The van der Waals surface area contributed by atoms with Crippen molar-refractivity contribution in [2.45, 2.75) is 11.6 Å². The van der Waals surface area contributed by atoms with Crippen LogP contribution in [0.1, 0.15) is 45.1 Å². The van der Waals surface area contributed by atoms with E-state index in [1.807, 2.05) is 30.3 Å². The maximum Gasteiger partial charge on any atom is 0.145 e. The molecule has 1 spiro atoms. The number of nitrogens with zero attached hydrogens (tertiary/aromatic N) is 1. The van der Waals surface area contributed by atoms with Gasteiger partial charge < -0.3 is 10.1 Å². The van der Waals surface area contributed by atoms with Crippen molar-refractivity contribution >= 4 is 11.4 Å². The number of allylic oxidation sites excluding steroid dienone is 1. The van der Waals surface area contributed by atoms with Crippen LogP contribution >= 0.6 is 0 Å². The molecule has 1 N–H and O–H groups in total. The fraction of sp³-hybridized carbons (Fsp3) is 0.0426. The summed E-state index contributed by atoms with van der Waals surface area (Å²) < 4.78 is 6.55. The second-order valence-corrected chi connectivity index (χ2v) is 12.9. The molecule has 1 atom stereocenters. The van der Waals surface area contributed by atoms with Crippen LogP contribution in [0.25, 0.3) is 28.0 Å². The van der Waals surface area contributed by atoms with Gasteiger partial charge in [-0.05, 0) is 63.7 Å². The lowest BCUT2D eigenvalue weighted by atomic mass is 9.66. The molecule has 2 heterocycles. The third kappa shape index (κ3) is 4.22. The van der Waals surface area contributed by atoms with Crippen LogP contribution < -0.4 is 10.1 Å². The summed E-state index contributed by atoms with van der Waals surface area (Å²) in [4.78, 5) is 5.28. The van der Waals surface area contributed by atoms with Crippen LogP contribution in [-0.2, 0) is 5.41 Å². The van der Waals surface area contributed by atoms with Crippen molar-refractivity contribution in [3.8, 4) is 33.8 Å². The Morgan fingerprint density at radius 1 is 0.560 bits per heavy atom. The topological polar surface area (TPSA) is 33.6 Å². The third-order valence-electron chi connectivity index (χ3n) is 10.3. The maximum absolute atomic E-state index is 6.55. The molecule has 7 aromatic rings. The smallest absolute Gasteiger partial charge is 0.145 e. The summed E-state index contributed by atoms with van der Waals surface area (Å²) in [6.07, 6.45) is 1.92. The van der Waals surface area contributed by atoms with Crippen molar-refractivity contribution in [2.24, 2.45) is 4.99 Å². The van der Waals surface area contributed by atoms with Gasteiger partial charge in [0.15, 0.2) is 0 Å². The molecule has 7 aromatic carbocycles. The van der Waals surface area contributed by atoms with Crippen LogP contribution in [0.4, 0.5) is 0 Å². The summed E-state index contributed by atoms with van der Waals surface area (Å²) in [5.41, 5.74) is 13.9. The summed E-state index contributed by atoms with van der Waals surface area (Å²) in [5, 5.41) is 3.86. The first-order valence-electron chi connectivity index (χ1n) is 17.0. The molecular weight excluding hydrogens is 609 g/mol. The molecule has 0 saturated carbocycles. The standard InChI is InChI=1S/C47H30N2O/c1-3-14-31(15-4-1)32-26-28-34(29-27-32)46-48-41(33-16-5-2-6-17-33)30-42(49-46)36-19-13-23-40-45(36)35-18-7-8-20-37(35)47(40)38-21-9-11-24-43(38)50-44-25-12-10-22-39(44)47/h1-6,8-17,19-30,46,49H. The van der Waals surface area contributed by atoms with Gasteiger partial charge in [-0.1, -0.05) is 152 Å². The first-order chi connectivity index (χ1) is 24.8. The van der Waals surface area contributed by atoms with Crippen LogP contribution in [0.5, 0.6) is 11.5 Å². The number of fused-ring (bicyclic) bond motifs is 9. The van der Waals surface area contributed by atoms with Gasteiger partial charge in [-0.25, -0.2) is 0 Å². The molecule has 1 aliphatic carbocycles. The zero-order valence-corrected chi connectivity index (χ0v) is 27.1. The van der Waals surface area contributed by atoms with Crippen molar-refractivity contribution in [1.82, 2.24) is 5.32 Å². The van der Waals surface area contributed by atoms with E-state index < -0.39 is 5.41 Å². The molecule has 0 aromatic heterocycles. The minimum absolute atomic E-state index is 0.281. The van der Waals surface area contributed by atoms with Crippen molar-refractivity contribution in [3.63, 3.8) is 0 Å². The molecular formula is C47H30N2O. The number of aliphatic imine (C=N–C) groups is 1. The van der Waals surface area contributed by atoms with E-state index in [1.165, 1.54) is 22.3 Å². The van der Waals surface area contributed by atoms with Crippen LogP contribution in [0, 0.1) is 12.1 Å². The normalized spacial score (nSPS) is 16.0. The first kappa shape index (κ1) is 28.4. The minimum Gasteiger partial charge on any atom is -0.457 e. The molecule has 234 valence electrons. The molecule has 0 amide bonds. The largest absolute Gasteiger partial charge is 0.457 e. The van der Waals surface area contributed by atoms with Crippen LogP contribution in [-0.4, -0.2) is 5.71 Å². The van der Waals surface area contributed by atoms with Crippen LogP contribution in [0.3, 0.4) is 0 Å². The van der Waals surface area contributed by atoms with Gasteiger partial charge in [0.1, 0.15) is 17.7 Å². The number of hydrogen-bond donors (Lipinski definition) is 1. The number of ether oxygens (including phenoxy) is 1. The number of nitrogens with one attached hydrogen (secondary N) is 1. The summed E-state index contributed by atoms with van der Waals surface area (Å²) in [5.74, 6) is 1.74. The Hall–Kier alpha value is -6.63. The van der Waals surface area contributed by atoms with Gasteiger partial charge in [0.2, 0.25) is 0 Å². The third-order valence-corrected chi connectivity index (χ3v) is 10.3. The Morgan fingerprint density at radius 3 is 1.90 bits per heavy atom. The van der Waals surface area contributed by atoms with Gasteiger partial charge in [0.25, 0.3) is 0 Å². The second kappa shape index (κ2) is 11.2. The van der Waals surface area contributed by atoms with Gasteiger partial charge in [-0.2, -0.15) is 0 Å². The molecule has 0 radical (unpaired) electrons. The lowest BCUT2D eigenvalue weighted by Crippen LogP contribution is -2.32. The summed E-state index contributed by atoms with van der Waals surface area (Å²) >= 11 is 0. The highest BCUT2D eigenvalue weighted by molar-refractivity contribution is 6.13. The lowest BCUT2D eigenvalue weighted by molar-refractivity contribution is 0.436. The SMILES string of the molecule is c1ccc2c(c#1)-c1c(C3=CC(c4ccccc4)=NC(c4ccc(-c5ccccc5)cc4)N3)cccc1C21c2ccccc2Oc2ccccc21. The van der Waals surface area contributed by atoms with Crippen molar-refractivity contribution < 1.29 is 4.74 Å². The zero-order valence-electron chi connectivity index (χ0n) is 27.1. The summed E-state index contributed by atoms with van der Waals surface area (Å²) in [6.45, 7) is 0. The fourth-order valence-corrected chi connectivity index (χ4v) is 8.08. The molecule has 10 rings (SSSR count). The van der Waals surface area contributed by atoms with Crippen molar-refractivity contribution in [1.29, 1.82) is 0 Å². The maximum atomic E-state index is 6.55. The summed E-state index contributed by atoms with van der Waals surface area (Å²) in [6, 6.07) is 64.4. The van der Waals surface area contributed by atoms with E-state index in [1.54, 1.807) is 0 Å². The average Bonchev–Trinajstić information content (AvgIpc) is 3.49. The Kier molecular flexibility index (Phi) is 6.37. The molecule has 0 fully saturated rings. The monoisotopic (exact) mass is 638 g/mol. The molecule has 0 bridgehead atoms. The van der Waals surface area contributed by atoms with Crippen LogP contribution in [0.2, 0.25) is 0 Å². The Balaban J connectivity index is 1.17. The number of benzene rings is 6. The zero-order chi connectivity index (χ0) is 33.1. The van der Waals surface area contributed by atoms with Crippen molar-refractivity contribution in [3.05, 3.63) is 221 Å².